The molecule has 5 nitrogen and oxygen atoms in total. The SMILES string of the molecule is CCOc1ccc(-n2c3ccccc3c3cc(-c4ccc5c6ccccc6n(-c6cccc(-c7cc(-c8ccccc8)nc(-c8ccccc8)n7)c6)c5c4)ccc32)cc1. The molecular formula is C54H38N4O. The molecule has 0 N–H and O–H groups in total. The largest absolute Gasteiger partial charge is 0.494 e. The standard InChI is InChI=1S/C54H38N4O/c1-2-59-43-28-26-41(27-29-43)57-51-23-12-10-21-45(51)47-33-38(25-31-52(47)57)39-24-30-46-44-20-9-11-22-50(44)58(53(46)34-39)42-19-13-18-40(32-42)49-35-48(36-14-5-3-6-15-36)55-54(56-49)37-16-7-4-8-17-37/h3-35H,2H2,1H3. The van der Waals surface area contributed by atoms with Gasteiger partial charge in [-0.05, 0) is 90.8 Å². The molecule has 0 fully saturated rings. The van der Waals surface area contributed by atoms with Crippen molar-refractivity contribution < 1.29 is 4.74 Å². The molecule has 0 unspecified atom stereocenters. The number of hydrogen-bond acceptors (Lipinski definition) is 3. The molecule has 0 saturated carbocycles. The first-order chi connectivity index (χ1) is 29.2. The van der Waals surface area contributed by atoms with E-state index in [-0.39, 0.29) is 0 Å². The fourth-order valence-electron chi connectivity index (χ4n) is 8.59. The zero-order valence-corrected chi connectivity index (χ0v) is 32.5. The van der Waals surface area contributed by atoms with Gasteiger partial charge in [0.25, 0.3) is 0 Å². The van der Waals surface area contributed by atoms with Crippen molar-refractivity contribution in [2.75, 3.05) is 6.61 Å². The van der Waals surface area contributed by atoms with Gasteiger partial charge in [-0.3, -0.25) is 0 Å². The summed E-state index contributed by atoms with van der Waals surface area (Å²) in [6.45, 7) is 2.66. The number of nitrogens with zero attached hydrogens (tertiary/aromatic N) is 4. The molecule has 59 heavy (non-hydrogen) atoms. The van der Waals surface area contributed by atoms with Crippen molar-refractivity contribution in [1.29, 1.82) is 0 Å². The highest BCUT2D eigenvalue weighted by Gasteiger charge is 2.18. The monoisotopic (exact) mass is 758 g/mol. The molecule has 0 atom stereocenters. The number of aromatic nitrogens is 4. The second-order valence-electron chi connectivity index (χ2n) is 14.8. The van der Waals surface area contributed by atoms with Gasteiger partial charge in [-0.1, -0.05) is 127 Å². The minimum absolute atomic E-state index is 0.644. The molecule has 0 radical (unpaired) electrons. The lowest BCUT2D eigenvalue weighted by molar-refractivity contribution is 0.340. The van der Waals surface area contributed by atoms with Crippen LogP contribution in [-0.4, -0.2) is 25.7 Å². The number of benzene rings is 8. The summed E-state index contributed by atoms with van der Waals surface area (Å²) in [5.74, 6) is 1.58. The van der Waals surface area contributed by atoms with Crippen molar-refractivity contribution in [3.8, 4) is 62.2 Å². The Balaban J connectivity index is 1.05. The summed E-state index contributed by atoms with van der Waals surface area (Å²) in [6.07, 6.45) is 0. The first kappa shape index (κ1) is 34.5. The first-order valence-corrected chi connectivity index (χ1v) is 20.1. The zero-order chi connectivity index (χ0) is 39.3. The summed E-state index contributed by atoms with van der Waals surface area (Å²) in [7, 11) is 0. The second-order valence-corrected chi connectivity index (χ2v) is 14.8. The summed E-state index contributed by atoms with van der Waals surface area (Å²) in [4.78, 5) is 10.2. The maximum atomic E-state index is 5.75. The topological polar surface area (TPSA) is 44.9 Å². The molecule has 3 heterocycles. The van der Waals surface area contributed by atoms with Crippen molar-refractivity contribution in [2.45, 2.75) is 6.92 Å². The van der Waals surface area contributed by atoms with E-state index < -0.39 is 0 Å². The minimum atomic E-state index is 0.644. The first-order valence-electron chi connectivity index (χ1n) is 20.1. The van der Waals surface area contributed by atoms with E-state index in [1.165, 1.54) is 38.1 Å². The summed E-state index contributed by atoms with van der Waals surface area (Å²) in [5, 5.41) is 4.87. The molecule has 8 aromatic carbocycles. The van der Waals surface area contributed by atoms with Crippen molar-refractivity contribution in [1.82, 2.24) is 19.1 Å². The van der Waals surface area contributed by atoms with E-state index in [1.54, 1.807) is 0 Å². The average Bonchev–Trinajstić information content (AvgIpc) is 3.82. The Morgan fingerprint density at radius 1 is 0.373 bits per heavy atom. The Bertz CT molecular complexity index is 3270. The predicted octanol–water partition coefficient (Wildman–Crippen LogP) is 13.7. The molecule has 3 aromatic heterocycles. The van der Waals surface area contributed by atoms with Gasteiger partial charge in [-0.15, -0.1) is 0 Å². The third-order valence-corrected chi connectivity index (χ3v) is 11.3. The maximum absolute atomic E-state index is 5.75. The highest BCUT2D eigenvalue weighted by atomic mass is 16.5. The Labute approximate surface area is 342 Å². The number of rotatable bonds is 8. The van der Waals surface area contributed by atoms with Crippen LogP contribution in [0.15, 0.2) is 200 Å². The highest BCUT2D eigenvalue weighted by Crippen LogP contribution is 2.39. The fourth-order valence-corrected chi connectivity index (χ4v) is 8.59. The molecule has 0 aliphatic heterocycles. The van der Waals surface area contributed by atoms with E-state index in [9.17, 15) is 0 Å². The van der Waals surface area contributed by atoms with Crippen molar-refractivity contribution in [3.63, 3.8) is 0 Å². The normalized spacial score (nSPS) is 11.5. The van der Waals surface area contributed by atoms with Crippen LogP contribution in [0.5, 0.6) is 5.75 Å². The summed E-state index contributed by atoms with van der Waals surface area (Å²) < 4.78 is 10.5. The molecule has 5 heteroatoms. The Morgan fingerprint density at radius 2 is 0.932 bits per heavy atom. The van der Waals surface area contributed by atoms with Crippen LogP contribution in [0.1, 0.15) is 6.92 Å². The van der Waals surface area contributed by atoms with Gasteiger partial charge < -0.3 is 13.9 Å². The molecule has 0 saturated heterocycles. The van der Waals surface area contributed by atoms with Gasteiger partial charge in [0.2, 0.25) is 0 Å². The van der Waals surface area contributed by atoms with E-state index in [0.29, 0.717) is 12.4 Å². The third-order valence-electron chi connectivity index (χ3n) is 11.3. The van der Waals surface area contributed by atoms with Crippen LogP contribution in [0.3, 0.4) is 0 Å². The highest BCUT2D eigenvalue weighted by molar-refractivity contribution is 6.12. The molecule has 0 amide bonds. The molecule has 0 bridgehead atoms. The fraction of sp³-hybridized carbons (Fsp3) is 0.0370. The molecule has 0 spiro atoms. The molecule has 0 aliphatic rings. The molecular weight excluding hydrogens is 721 g/mol. The van der Waals surface area contributed by atoms with Gasteiger partial charge >= 0.3 is 0 Å². The lowest BCUT2D eigenvalue weighted by atomic mass is 10.0. The number of hydrogen-bond donors (Lipinski definition) is 0. The smallest absolute Gasteiger partial charge is 0.160 e. The predicted molar refractivity (Wildman–Crippen MR) is 244 cm³/mol. The Hall–Kier alpha value is -7.76. The van der Waals surface area contributed by atoms with Crippen molar-refractivity contribution >= 4 is 43.6 Å². The molecule has 280 valence electrons. The van der Waals surface area contributed by atoms with Gasteiger partial charge in [-0.2, -0.15) is 0 Å². The number of fused-ring (bicyclic) bond motifs is 6. The lowest BCUT2D eigenvalue weighted by Gasteiger charge is -2.13. The van der Waals surface area contributed by atoms with E-state index >= 15 is 0 Å². The van der Waals surface area contributed by atoms with Crippen LogP contribution in [-0.2, 0) is 0 Å². The van der Waals surface area contributed by atoms with Crippen molar-refractivity contribution in [3.05, 3.63) is 200 Å². The number of para-hydroxylation sites is 2. The maximum Gasteiger partial charge on any atom is 0.160 e. The van der Waals surface area contributed by atoms with Crippen LogP contribution < -0.4 is 4.74 Å². The molecule has 11 rings (SSSR count). The van der Waals surface area contributed by atoms with Crippen LogP contribution in [0.25, 0.3) is 100 Å². The zero-order valence-electron chi connectivity index (χ0n) is 32.5. The molecule has 11 aromatic rings. The van der Waals surface area contributed by atoms with Crippen LogP contribution in [0, 0.1) is 0 Å². The van der Waals surface area contributed by atoms with Gasteiger partial charge in [0, 0.05) is 49.6 Å². The third kappa shape index (κ3) is 6.03. The van der Waals surface area contributed by atoms with E-state index in [4.69, 9.17) is 14.7 Å². The van der Waals surface area contributed by atoms with E-state index in [1.807, 2.05) is 31.2 Å². The van der Waals surface area contributed by atoms with Crippen molar-refractivity contribution in [2.24, 2.45) is 0 Å². The van der Waals surface area contributed by atoms with E-state index in [0.717, 1.165) is 61.8 Å². The van der Waals surface area contributed by atoms with Crippen LogP contribution in [0.2, 0.25) is 0 Å². The van der Waals surface area contributed by atoms with Gasteiger partial charge in [0.15, 0.2) is 5.82 Å². The molecule has 0 aliphatic carbocycles. The van der Waals surface area contributed by atoms with Gasteiger partial charge in [0.1, 0.15) is 5.75 Å². The van der Waals surface area contributed by atoms with Crippen LogP contribution >= 0.6 is 0 Å². The van der Waals surface area contributed by atoms with Gasteiger partial charge in [0.05, 0.1) is 40.1 Å². The quantitative estimate of drug-likeness (QED) is 0.155. The summed E-state index contributed by atoms with van der Waals surface area (Å²) in [5.41, 5.74) is 14.0. The van der Waals surface area contributed by atoms with Gasteiger partial charge in [-0.25, -0.2) is 9.97 Å². The summed E-state index contributed by atoms with van der Waals surface area (Å²) >= 11 is 0. The average molecular weight is 759 g/mol. The van der Waals surface area contributed by atoms with E-state index in [2.05, 4.69) is 185 Å². The Morgan fingerprint density at radius 3 is 1.66 bits per heavy atom. The second kappa shape index (κ2) is 14.3. The van der Waals surface area contributed by atoms with Crippen LogP contribution in [0.4, 0.5) is 0 Å². The lowest BCUT2D eigenvalue weighted by Crippen LogP contribution is -1.98. The summed E-state index contributed by atoms with van der Waals surface area (Å²) in [6, 6.07) is 70.9. The minimum Gasteiger partial charge on any atom is -0.494 e. The Kier molecular flexibility index (Phi) is 8.37. The number of ether oxygens (including phenoxy) is 1.